The Balaban J connectivity index is 2.06. The van der Waals surface area contributed by atoms with Crippen LogP contribution in [0, 0.1) is 0 Å². The average molecular weight is 300 g/mol. The molecule has 2 N–H and O–H groups in total. The van der Waals surface area contributed by atoms with Crippen molar-refractivity contribution in [3.05, 3.63) is 28.2 Å². The van der Waals surface area contributed by atoms with Gasteiger partial charge in [0, 0.05) is 12.2 Å². The molecule has 0 radical (unpaired) electrons. The van der Waals surface area contributed by atoms with Crippen LogP contribution in [0.4, 0.5) is 0 Å². The van der Waals surface area contributed by atoms with E-state index in [1.54, 1.807) is 12.1 Å². The molecule has 1 fully saturated rings. The van der Waals surface area contributed by atoms with Crippen molar-refractivity contribution in [2.45, 2.75) is 25.5 Å². The summed E-state index contributed by atoms with van der Waals surface area (Å²) < 4.78 is 5.95. The molecule has 2 atom stereocenters. The summed E-state index contributed by atoms with van der Waals surface area (Å²) in [4.78, 5) is 11.9. The minimum atomic E-state index is -0.185. The second-order valence-corrected chi connectivity index (χ2v) is 4.97. The third kappa shape index (κ3) is 2.79. The first kappa shape index (κ1) is 12.4. The minimum Gasteiger partial charge on any atom is -0.507 e. The molecule has 2 rings (SSSR count). The van der Waals surface area contributed by atoms with Crippen molar-refractivity contribution in [1.82, 2.24) is 5.32 Å². The van der Waals surface area contributed by atoms with Crippen LogP contribution in [-0.2, 0) is 4.74 Å². The van der Waals surface area contributed by atoms with E-state index in [4.69, 9.17) is 4.74 Å². The Bertz CT molecular complexity index is 436. The Morgan fingerprint density at radius 1 is 1.59 bits per heavy atom. The molecule has 5 heteroatoms. The zero-order chi connectivity index (χ0) is 12.4. The molecule has 1 saturated heterocycles. The molecule has 17 heavy (non-hydrogen) atoms. The van der Waals surface area contributed by atoms with Gasteiger partial charge in [-0.15, -0.1) is 0 Å². The Morgan fingerprint density at radius 2 is 2.35 bits per heavy atom. The fourth-order valence-corrected chi connectivity index (χ4v) is 2.07. The highest BCUT2D eigenvalue weighted by molar-refractivity contribution is 9.10. The first-order valence-corrected chi connectivity index (χ1v) is 6.28. The lowest BCUT2D eigenvalue weighted by Gasteiger charge is -2.16. The Morgan fingerprint density at radius 3 is 2.94 bits per heavy atom. The van der Waals surface area contributed by atoms with Crippen LogP contribution in [-0.4, -0.2) is 29.8 Å². The van der Waals surface area contributed by atoms with Gasteiger partial charge in [-0.1, -0.05) is 0 Å². The molecule has 0 aromatic heterocycles. The number of carbonyl (C=O) groups is 1. The first-order chi connectivity index (χ1) is 8.08. The van der Waals surface area contributed by atoms with Crippen LogP contribution in [0.3, 0.4) is 0 Å². The zero-order valence-corrected chi connectivity index (χ0v) is 11.0. The van der Waals surface area contributed by atoms with E-state index in [2.05, 4.69) is 21.2 Å². The smallest absolute Gasteiger partial charge is 0.251 e. The highest BCUT2D eigenvalue weighted by Crippen LogP contribution is 2.24. The predicted octanol–water partition coefficient (Wildman–Crippen LogP) is 2.06. The Kier molecular flexibility index (Phi) is 3.69. The molecule has 1 heterocycles. The zero-order valence-electron chi connectivity index (χ0n) is 9.44. The van der Waals surface area contributed by atoms with E-state index in [1.807, 2.05) is 6.92 Å². The van der Waals surface area contributed by atoms with E-state index in [1.165, 1.54) is 6.07 Å². The van der Waals surface area contributed by atoms with Crippen LogP contribution in [0.15, 0.2) is 22.7 Å². The summed E-state index contributed by atoms with van der Waals surface area (Å²) in [6.07, 6.45) is 0.873. The summed E-state index contributed by atoms with van der Waals surface area (Å²) in [6.45, 7) is 2.62. The van der Waals surface area contributed by atoms with E-state index in [-0.39, 0.29) is 23.8 Å². The van der Waals surface area contributed by atoms with Crippen molar-refractivity contribution in [3.8, 4) is 5.75 Å². The van der Waals surface area contributed by atoms with Gasteiger partial charge in [0.1, 0.15) is 5.75 Å². The van der Waals surface area contributed by atoms with Crippen molar-refractivity contribution >= 4 is 21.8 Å². The van der Waals surface area contributed by atoms with Gasteiger partial charge in [-0.25, -0.2) is 0 Å². The van der Waals surface area contributed by atoms with Gasteiger partial charge in [0.05, 0.1) is 16.6 Å². The maximum Gasteiger partial charge on any atom is 0.251 e. The molecule has 1 aromatic rings. The normalized spacial score (nSPS) is 23.6. The maximum absolute atomic E-state index is 11.9. The summed E-state index contributed by atoms with van der Waals surface area (Å²) in [5.41, 5.74) is 0.449. The molecular weight excluding hydrogens is 286 g/mol. The summed E-state index contributed by atoms with van der Waals surface area (Å²) in [5.74, 6) is -0.122. The SMILES string of the molecule is CC1OCCC1NC(=O)c1ccc(Br)c(O)c1. The molecule has 0 spiro atoms. The van der Waals surface area contributed by atoms with Crippen LogP contribution in [0.2, 0.25) is 0 Å². The van der Waals surface area contributed by atoms with Crippen LogP contribution in [0.5, 0.6) is 5.75 Å². The molecule has 0 saturated carbocycles. The quantitative estimate of drug-likeness (QED) is 0.879. The number of carbonyl (C=O) groups excluding carboxylic acids is 1. The van der Waals surface area contributed by atoms with E-state index < -0.39 is 0 Å². The number of ether oxygens (including phenoxy) is 1. The van der Waals surface area contributed by atoms with Crippen molar-refractivity contribution < 1.29 is 14.6 Å². The predicted molar refractivity (Wildman–Crippen MR) is 67.1 cm³/mol. The topological polar surface area (TPSA) is 58.6 Å². The second-order valence-electron chi connectivity index (χ2n) is 4.11. The molecule has 0 bridgehead atoms. The standard InChI is InChI=1S/C12H14BrNO3/c1-7-10(4-5-17-7)14-12(16)8-2-3-9(13)11(15)6-8/h2-3,6-7,10,15H,4-5H2,1H3,(H,14,16). The molecular formula is C12H14BrNO3. The van der Waals surface area contributed by atoms with E-state index in [0.717, 1.165) is 6.42 Å². The Hall–Kier alpha value is -1.07. The summed E-state index contributed by atoms with van der Waals surface area (Å²) >= 11 is 3.17. The lowest BCUT2D eigenvalue weighted by Crippen LogP contribution is -2.39. The van der Waals surface area contributed by atoms with Gasteiger partial charge in [-0.05, 0) is 47.5 Å². The van der Waals surface area contributed by atoms with Crippen molar-refractivity contribution in [2.24, 2.45) is 0 Å². The van der Waals surface area contributed by atoms with Gasteiger partial charge in [0.15, 0.2) is 0 Å². The summed E-state index contributed by atoms with van der Waals surface area (Å²) in [5, 5.41) is 12.4. The minimum absolute atomic E-state index is 0.0444. The van der Waals surface area contributed by atoms with Gasteiger partial charge in [0.2, 0.25) is 0 Å². The lowest BCUT2D eigenvalue weighted by atomic mass is 10.1. The van der Waals surface area contributed by atoms with Gasteiger partial charge in [-0.2, -0.15) is 0 Å². The average Bonchev–Trinajstić information content (AvgIpc) is 2.68. The molecule has 1 aromatic carbocycles. The lowest BCUT2D eigenvalue weighted by molar-refractivity contribution is 0.0866. The van der Waals surface area contributed by atoms with Gasteiger partial charge in [0.25, 0.3) is 5.91 Å². The van der Waals surface area contributed by atoms with Crippen LogP contribution in [0.1, 0.15) is 23.7 Å². The van der Waals surface area contributed by atoms with E-state index in [0.29, 0.717) is 16.6 Å². The largest absolute Gasteiger partial charge is 0.507 e. The number of phenolic OH excluding ortho intramolecular Hbond substituents is 1. The van der Waals surface area contributed by atoms with E-state index in [9.17, 15) is 9.90 Å². The van der Waals surface area contributed by atoms with Gasteiger partial charge < -0.3 is 15.2 Å². The van der Waals surface area contributed by atoms with Crippen LogP contribution < -0.4 is 5.32 Å². The van der Waals surface area contributed by atoms with Crippen molar-refractivity contribution in [1.29, 1.82) is 0 Å². The molecule has 1 aliphatic rings. The number of halogens is 1. The third-order valence-electron chi connectivity index (χ3n) is 2.90. The number of nitrogens with one attached hydrogen (secondary N) is 1. The monoisotopic (exact) mass is 299 g/mol. The number of hydrogen-bond acceptors (Lipinski definition) is 3. The fraction of sp³-hybridized carbons (Fsp3) is 0.417. The molecule has 2 unspecified atom stereocenters. The molecule has 1 aliphatic heterocycles. The molecule has 0 aliphatic carbocycles. The van der Waals surface area contributed by atoms with Crippen molar-refractivity contribution in [2.75, 3.05) is 6.61 Å². The van der Waals surface area contributed by atoms with E-state index >= 15 is 0 Å². The van der Waals surface area contributed by atoms with Crippen molar-refractivity contribution in [3.63, 3.8) is 0 Å². The number of rotatable bonds is 2. The van der Waals surface area contributed by atoms with Gasteiger partial charge >= 0.3 is 0 Å². The molecule has 92 valence electrons. The summed E-state index contributed by atoms with van der Waals surface area (Å²) in [7, 11) is 0. The second kappa shape index (κ2) is 5.06. The van der Waals surface area contributed by atoms with Crippen LogP contribution in [0.25, 0.3) is 0 Å². The van der Waals surface area contributed by atoms with Gasteiger partial charge in [-0.3, -0.25) is 4.79 Å². The molecule has 1 amide bonds. The number of phenols is 1. The number of amides is 1. The molecule has 4 nitrogen and oxygen atoms in total. The summed E-state index contributed by atoms with van der Waals surface area (Å²) in [6, 6.07) is 4.81. The number of aromatic hydroxyl groups is 1. The number of benzene rings is 1. The highest BCUT2D eigenvalue weighted by atomic mass is 79.9. The maximum atomic E-state index is 11.9. The Labute approximate surface area is 108 Å². The highest BCUT2D eigenvalue weighted by Gasteiger charge is 2.26. The fourth-order valence-electron chi connectivity index (χ4n) is 1.83. The number of hydrogen-bond donors (Lipinski definition) is 2. The van der Waals surface area contributed by atoms with Crippen LogP contribution >= 0.6 is 15.9 Å². The third-order valence-corrected chi connectivity index (χ3v) is 3.57. The first-order valence-electron chi connectivity index (χ1n) is 5.49.